The number of hydrogen-bond donors (Lipinski definition) is 1. The Balaban J connectivity index is 1.79. The quantitative estimate of drug-likeness (QED) is 0.825. The minimum absolute atomic E-state index is 0.348. The molecule has 0 radical (unpaired) electrons. The number of nitrogens with one attached hydrogen (secondary N) is 1. The van der Waals surface area contributed by atoms with E-state index in [1.165, 1.54) is 0 Å². The summed E-state index contributed by atoms with van der Waals surface area (Å²) in [7, 11) is 0. The summed E-state index contributed by atoms with van der Waals surface area (Å²) in [5.41, 5.74) is 0. The van der Waals surface area contributed by atoms with Crippen LogP contribution in [0.2, 0.25) is 0 Å². The molecule has 0 saturated carbocycles. The standard InChI is InChI=1S/C11H18N2O2/c1-8-5-10(6-9(2)14-8)12-7-11-3-4-13-15-11/h3-4,8-10,12H,5-7H2,1-2H3. The lowest BCUT2D eigenvalue weighted by atomic mass is 10.00. The Bertz CT molecular complexity index is 277. The van der Waals surface area contributed by atoms with Gasteiger partial charge in [-0.1, -0.05) is 5.16 Å². The number of rotatable bonds is 3. The molecule has 1 fully saturated rings. The molecule has 15 heavy (non-hydrogen) atoms. The SMILES string of the molecule is CC1CC(NCc2ccno2)CC(C)O1. The van der Waals surface area contributed by atoms with Crippen LogP contribution in [0.5, 0.6) is 0 Å². The molecule has 0 bridgehead atoms. The maximum atomic E-state index is 5.68. The molecule has 1 aromatic heterocycles. The van der Waals surface area contributed by atoms with Crippen LogP contribution >= 0.6 is 0 Å². The van der Waals surface area contributed by atoms with E-state index >= 15 is 0 Å². The van der Waals surface area contributed by atoms with E-state index in [4.69, 9.17) is 9.26 Å². The number of aromatic nitrogens is 1. The van der Waals surface area contributed by atoms with E-state index in [0.717, 1.165) is 25.1 Å². The van der Waals surface area contributed by atoms with Crippen LogP contribution in [0, 0.1) is 0 Å². The van der Waals surface area contributed by atoms with Gasteiger partial charge in [0.2, 0.25) is 0 Å². The first-order chi connectivity index (χ1) is 7.24. The van der Waals surface area contributed by atoms with E-state index in [9.17, 15) is 0 Å². The third kappa shape index (κ3) is 3.04. The molecular weight excluding hydrogens is 192 g/mol. The number of ether oxygens (including phenoxy) is 1. The van der Waals surface area contributed by atoms with Crippen molar-refractivity contribution in [2.75, 3.05) is 0 Å². The van der Waals surface area contributed by atoms with Crippen LogP contribution in [0.1, 0.15) is 32.4 Å². The molecule has 1 saturated heterocycles. The van der Waals surface area contributed by atoms with Crippen molar-refractivity contribution >= 4 is 0 Å². The molecule has 0 aromatic carbocycles. The second-order valence-electron chi connectivity index (χ2n) is 4.29. The summed E-state index contributed by atoms with van der Waals surface area (Å²) in [6.07, 6.45) is 4.50. The Kier molecular flexibility index (Phi) is 3.38. The number of nitrogens with zero attached hydrogens (tertiary/aromatic N) is 1. The van der Waals surface area contributed by atoms with Gasteiger partial charge in [-0.15, -0.1) is 0 Å². The van der Waals surface area contributed by atoms with Gasteiger partial charge in [0, 0.05) is 12.1 Å². The van der Waals surface area contributed by atoms with E-state index in [1.807, 2.05) is 6.07 Å². The highest BCUT2D eigenvalue weighted by Crippen LogP contribution is 2.19. The van der Waals surface area contributed by atoms with Crippen LogP contribution in [0.25, 0.3) is 0 Å². The summed E-state index contributed by atoms with van der Waals surface area (Å²) in [6.45, 7) is 5.00. The molecule has 4 heteroatoms. The van der Waals surface area contributed by atoms with E-state index in [1.54, 1.807) is 6.20 Å². The topological polar surface area (TPSA) is 47.3 Å². The highest BCUT2D eigenvalue weighted by atomic mass is 16.5. The summed E-state index contributed by atoms with van der Waals surface area (Å²) in [5, 5.41) is 7.15. The highest BCUT2D eigenvalue weighted by molar-refractivity contribution is 4.93. The zero-order chi connectivity index (χ0) is 10.7. The predicted octanol–water partition coefficient (Wildman–Crippen LogP) is 1.72. The summed E-state index contributed by atoms with van der Waals surface area (Å²) < 4.78 is 10.7. The molecule has 4 nitrogen and oxygen atoms in total. The fourth-order valence-corrected chi connectivity index (χ4v) is 2.15. The molecule has 2 rings (SSSR count). The van der Waals surface area contributed by atoms with Gasteiger partial charge in [-0.3, -0.25) is 0 Å². The van der Waals surface area contributed by atoms with Gasteiger partial charge in [-0.25, -0.2) is 0 Å². The Hall–Kier alpha value is -0.870. The largest absolute Gasteiger partial charge is 0.375 e. The molecule has 0 spiro atoms. The van der Waals surface area contributed by atoms with Crippen LogP contribution in [0.4, 0.5) is 0 Å². The van der Waals surface area contributed by atoms with E-state index in [0.29, 0.717) is 18.2 Å². The summed E-state index contributed by atoms with van der Waals surface area (Å²) in [4.78, 5) is 0. The monoisotopic (exact) mass is 210 g/mol. The molecule has 1 aromatic rings. The first kappa shape index (κ1) is 10.6. The maximum absolute atomic E-state index is 5.68. The highest BCUT2D eigenvalue weighted by Gasteiger charge is 2.23. The summed E-state index contributed by atoms with van der Waals surface area (Å²) in [6, 6.07) is 2.41. The van der Waals surface area contributed by atoms with Gasteiger partial charge in [0.25, 0.3) is 0 Å². The average molecular weight is 210 g/mol. The van der Waals surface area contributed by atoms with Crippen LogP contribution in [0.3, 0.4) is 0 Å². The van der Waals surface area contributed by atoms with Crippen molar-refractivity contribution in [1.82, 2.24) is 10.5 Å². The van der Waals surface area contributed by atoms with Gasteiger partial charge in [0.15, 0.2) is 0 Å². The second kappa shape index (κ2) is 4.77. The van der Waals surface area contributed by atoms with Crippen molar-refractivity contribution < 1.29 is 9.26 Å². The lowest BCUT2D eigenvalue weighted by Gasteiger charge is -2.32. The average Bonchev–Trinajstić information content (AvgIpc) is 2.65. The zero-order valence-corrected chi connectivity index (χ0v) is 9.27. The van der Waals surface area contributed by atoms with Crippen molar-refractivity contribution in [2.45, 2.75) is 51.5 Å². The van der Waals surface area contributed by atoms with Gasteiger partial charge < -0.3 is 14.6 Å². The zero-order valence-electron chi connectivity index (χ0n) is 9.27. The normalized spacial score (nSPS) is 31.7. The Morgan fingerprint density at radius 2 is 2.13 bits per heavy atom. The molecule has 0 aliphatic carbocycles. The van der Waals surface area contributed by atoms with Crippen LogP contribution in [-0.2, 0) is 11.3 Å². The van der Waals surface area contributed by atoms with Crippen molar-refractivity contribution in [3.05, 3.63) is 18.0 Å². The Labute approximate surface area is 90.0 Å². The van der Waals surface area contributed by atoms with Gasteiger partial charge in [-0.2, -0.15) is 0 Å². The predicted molar refractivity (Wildman–Crippen MR) is 56.4 cm³/mol. The van der Waals surface area contributed by atoms with Crippen molar-refractivity contribution in [3.63, 3.8) is 0 Å². The third-order valence-corrected chi connectivity index (χ3v) is 2.75. The van der Waals surface area contributed by atoms with Gasteiger partial charge in [0.1, 0.15) is 5.76 Å². The molecule has 2 heterocycles. The molecular formula is C11H18N2O2. The van der Waals surface area contributed by atoms with Crippen LogP contribution in [-0.4, -0.2) is 23.4 Å². The van der Waals surface area contributed by atoms with Crippen LogP contribution < -0.4 is 5.32 Å². The van der Waals surface area contributed by atoms with E-state index in [2.05, 4.69) is 24.3 Å². The second-order valence-corrected chi connectivity index (χ2v) is 4.29. The molecule has 84 valence electrons. The lowest BCUT2D eigenvalue weighted by molar-refractivity contribution is -0.0425. The van der Waals surface area contributed by atoms with E-state index in [-0.39, 0.29) is 0 Å². The molecule has 0 amide bonds. The molecule has 1 aliphatic rings. The Morgan fingerprint density at radius 1 is 1.40 bits per heavy atom. The third-order valence-electron chi connectivity index (χ3n) is 2.75. The maximum Gasteiger partial charge on any atom is 0.150 e. The minimum atomic E-state index is 0.348. The summed E-state index contributed by atoms with van der Waals surface area (Å²) in [5.74, 6) is 0.891. The fourth-order valence-electron chi connectivity index (χ4n) is 2.15. The molecule has 1 aliphatic heterocycles. The Morgan fingerprint density at radius 3 is 2.73 bits per heavy atom. The van der Waals surface area contributed by atoms with Crippen molar-refractivity contribution in [1.29, 1.82) is 0 Å². The lowest BCUT2D eigenvalue weighted by Crippen LogP contribution is -2.40. The van der Waals surface area contributed by atoms with Crippen LogP contribution in [0.15, 0.2) is 16.8 Å². The van der Waals surface area contributed by atoms with E-state index < -0.39 is 0 Å². The first-order valence-electron chi connectivity index (χ1n) is 5.52. The molecule has 2 unspecified atom stereocenters. The van der Waals surface area contributed by atoms with Gasteiger partial charge in [-0.05, 0) is 26.7 Å². The van der Waals surface area contributed by atoms with Crippen molar-refractivity contribution in [2.24, 2.45) is 0 Å². The summed E-state index contributed by atoms with van der Waals surface area (Å²) >= 11 is 0. The first-order valence-corrected chi connectivity index (χ1v) is 5.52. The molecule has 1 N–H and O–H groups in total. The van der Waals surface area contributed by atoms with Gasteiger partial charge in [0.05, 0.1) is 24.9 Å². The minimum Gasteiger partial charge on any atom is -0.375 e. The molecule has 2 atom stereocenters. The van der Waals surface area contributed by atoms with Gasteiger partial charge >= 0.3 is 0 Å². The van der Waals surface area contributed by atoms with Crippen molar-refractivity contribution in [3.8, 4) is 0 Å². The number of hydrogen-bond acceptors (Lipinski definition) is 4. The smallest absolute Gasteiger partial charge is 0.150 e. The fraction of sp³-hybridized carbons (Fsp3) is 0.727.